The molecule has 3 unspecified atom stereocenters. The van der Waals surface area contributed by atoms with E-state index < -0.39 is 0 Å². The van der Waals surface area contributed by atoms with Crippen molar-refractivity contribution in [3.05, 3.63) is 0 Å². The first-order valence-corrected chi connectivity index (χ1v) is 6.92. The van der Waals surface area contributed by atoms with Gasteiger partial charge in [0.2, 0.25) is 0 Å². The predicted octanol–water partition coefficient (Wildman–Crippen LogP) is 5.52. The number of rotatable bonds is 3. The maximum absolute atomic E-state index is 2.51. The van der Waals surface area contributed by atoms with Crippen LogP contribution in [-0.2, 0) is 0 Å². The first-order chi connectivity index (χ1) is 6.92. The highest BCUT2D eigenvalue weighted by molar-refractivity contribution is 5.16. The van der Waals surface area contributed by atoms with Crippen LogP contribution in [0.15, 0.2) is 0 Å². The van der Waals surface area contributed by atoms with Crippen LogP contribution >= 0.6 is 0 Å². The molecule has 16 heavy (non-hydrogen) atoms. The topological polar surface area (TPSA) is 0 Å². The van der Waals surface area contributed by atoms with Crippen LogP contribution in [0.1, 0.15) is 75.2 Å². The second-order valence-corrected chi connectivity index (χ2v) is 8.22. The Morgan fingerprint density at radius 2 is 1.38 bits per heavy atom. The minimum absolute atomic E-state index is 0.396. The third-order valence-electron chi connectivity index (χ3n) is 6.71. The van der Waals surface area contributed by atoms with Gasteiger partial charge in [-0.3, -0.25) is 0 Å². The van der Waals surface area contributed by atoms with Crippen molar-refractivity contribution in [1.82, 2.24) is 0 Å². The second-order valence-electron chi connectivity index (χ2n) is 8.22. The molecule has 0 heteroatoms. The summed E-state index contributed by atoms with van der Waals surface area (Å²) in [4.78, 5) is 0. The van der Waals surface area contributed by atoms with Gasteiger partial charge >= 0.3 is 0 Å². The zero-order valence-corrected chi connectivity index (χ0v) is 13.0. The molecule has 1 aliphatic rings. The largest absolute Gasteiger partial charge is 0.0648 e. The molecule has 0 heterocycles. The van der Waals surface area contributed by atoms with Gasteiger partial charge in [-0.15, -0.1) is 0 Å². The Hall–Kier alpha value is 0. The molecule has 0 saturated heterocycles. The second kappa shape index (κ2) is 3.50. The van der Waals surface area contributed by atoms with Crippen LogP contribution in [0.2, 0.25) is 0 Å². The van der Waals surface area contributed by atoms with E-state index in [0.717, 1.165) is 5.92 Å². The van der Waals surface area contributed by atoms with E-state index in [2.05, 4.69) is 62.3 Å². The van der Waals surface area contributed by atoms with Crippen LogP contribution in [-0.4, -0.2) is 0 Å². The van der Waals surface area contributed by atoms with Gasteiger partial charge in [-0.2, -0.15) is 0 Å². The van der Waals surface area contributed by atoms with E-state index in [-0.39, 0.29) is 0 Å². The smallest absolute Gasteiger partial charge is 0.0233 e. The summed E-state index contributed by atoms with van der Waals surface area (Å²) in [5.41, 5.74) is 1.95. The van der Waals surface area contributed by atoms with Crippen molar-refractivity contribution >= 4 is 0 Å². The Labute approximate surface area is 103 Å². The zero-order chi connectivity index (χ0) is 13.0. The van der Waals surface area contributed by atoms with Gasteiger partial charge in [0.05, 0.1) is 0 Å². The summed E-state index contributed by atoms with van der Waals surface area (Å²) in [6.45, 7) is 21.8. The van der Waals surface area contributed by atoms with Crippen molar-refractivity contribution in [3.63, 3.8) is 0 Å². The minimum Gasteiger partial charge on any atom is -0.0648 e. The molecule has 1 fully saturated rings. The van der Waals surface area contributed by atoms with Crippen molar-refractivity contribution in [2.45, 2.75) is 75.2 Å². The molecular formula is C16H32. The molecule has 0 amide bonds. The van der Waals surface area contributed by atoms with Gasteiger partial charge in [0.15, 0.2) is 0 Å². The molecule has 0 bridgehead atoms. The third kappa shape index (κ3) is 1.73. The van der Waals surface area contributed by atoms with Gasteiger partial charge in [0, 0.05) is 0 Å². The molecule has 0 radical (unpaired) electrons. The maximum Gasteiger partial charge on any atom is -0.0233 e. The highest BCUT2D eigenvalue weighted by atomic mass is 14.7. The van der Waals surface area contributed by atoms with Crippen molar-refractivity contribution in [2.75, 3.05) is 0 Å². The Morgan fingerprint density at radius 3 is 1.62 bits per heavy atom. The summed E-state index contributed by atoms with van der Waals surface area (Å²) < 4.78 is 0. The predicted molar refractivity (Wildman–Crippen MR) is 73.5 cm³/mol. The molecule has 0 spiro atoms. The van der Waals surface area contributed by atoms with Gasteiger partial charge < -0.3 is 0 Å². The normalized spacial score (nSPS) is 39.9. The van der Waals surface area contributed by atoms with Crippen molar-refractivity contribution in [2.24, 2.45) is 27.6 Å². The van der Waals surface area contributed by atoms with Crippen LogP contribution in [0, 0.1) is 27.6 Å². The minimum atomic E-state index is 0.396. The fourth-order valence-electron chi connectivity index (χ4n) is 3.49. The molecule has 3 atom stereocenters. The van der Waals surface area contributed by atoms with Crippen LogP contribution in [0.3, 0.4) is 0 Å². The molecule has 0 aromatic heterocycles. The Kier molecular flexibility index (Phi) is 3.07. The van der Waals surface area contributed by atoms with E-state index >= 15 is 0 Å². The molecular weight excluding hydrogens is 192 g/mol. The first-order valence-electron chi connectivity index (χ1n) is 6.92. The fraction of sp³-hybridized carbons (Fsp3) is 1.00. The Morgan fingerprint density at radius 1 is 0.938 bits per heavy atom. The van der Waals surface area contributed by atoms with Gasteiger partial charge in [-0.1, -0.05) is 62.3 Å². The van der Waals surface area contributed by atoms with Crippen molar-refractivity contribution < 1.29 is 0 Å². The van der Waals surface area contributed by atoms with Crippen LogP contribution in [0.5, 0.6) is 0 Å². The van der Waals surface area contributed by atoms with E-state index in [1.54, 1.807) is 0 Å². The molecule has 0 nitrogen and oxygen atoms in total. The maximum atomic E-state index is 2.51. The van der Waals surface area contributed by atoms with Crippen LogP contribution in [0.4, 0.5) is 0 Å². The van der Waals surface area contributed by atoms with E-state index in [1.165, 1.54) is 12.8 Å². The quantitative estimate of drug-likeness (QED) is 0.592. The molecule has 1 saturated carbocycles. The summed E-state index contributed by atoms with van der Waals surface area (Å²) in [5, 5.41) is 0. The van der Waals surface area contributed by atoms with Crippen LogP contribution in [0.25, 0.3) is 0 Å². The Bertz CT molecular complexity index is 268. The van der Waals surface area contributed by atoms with E-state index in [9.17, 15) is 0 Å². The molecule has 0 aromatic carbocycles. The Balaban J connectivity index is 2.85. The third-order valence-corrected chi connectivity index (χ3v) is 6.71. The van der Waals surface area contributed by atoms with E-state index in [1.807, 2.05) is 0 Å². The molecule has 0 aliphatic heterocycles. The summed E-state index contributed by atoms with van der Waals surface area (Å²) in [6.07, 6.45) is 2.68. The zero-order valence-electron chi connectivity index (χ0n) is 13.0. The summed E-state index contributed by atoms with van der Waals surface area (Å²) >= 11 is 0. The fourth-order valence-corrected chi connectivity index (χ4v) is 3.49. The summed E-state index contributed by atoms with van der Waals surface area (Å²) in [6, 6.07) is 0. The lowest BCUT2D eigenvalue weighted by Crippen LogP contribution is -2.33. The SMILES string of the molecule is CCC1(C)C(C)C1(C)CC(C)(C)C(C)(C)C. The number of hydrogen-bond acceptors (Lipinski definition) is 0. The first kappa shape index (κ1) is 14.1. The van der Waals surface area contributed by atoms with Gasteiger partial charge in [0.1, 0.15) is 0 Å². The van der Waals surface area contributed by atoms with Crippen molar-refractivity contribution in [3.8, 4) is 0 Å². The monoisotopic (exact) mass is 224 g/mol. The lowest BCUT2D eigenvalue weighted by Gasteiger charge is -2.42. The highest BCUT2D eigenvalue weighted by Gasteiger charge is 2.67. The van der Waals surface area contributed by atoms with Gasteiger partial charge in [-0.25, -0.2) is 0 Å². The molecule has 0 aromatic rings. The standard InChI is InChI=1S/C16H32/c1-10-15(8)12(2)16(15,9)11-14(6,7)13(3,4)5/h12H,10-11H2,1-9H3. The average molecular weight is 224 g/mol. The summed E-state index contributed by atoms with van der Waals surface area (Å²) in [7, 11) is 0. The summed E-state index contributed by atoms with van der Waals surface area (Å²) in [5.74, 6) is 0.881. The molecule has 96 valence electrons. The van der Waals surface area contributed by atoms with Crippen molar-refractivity contribution in [1.29, 1.82) is 0 Å². The average Bonchev–Trinajstić information content (AvgIpc) is 2.50. The van der Waals surface area contributed by atoms with Gasteiger partial charge in [-0.05, 0) is 40.4 Å². The molecule has 1 rings (SSSR count). The molecule has 1 aliphatic carbocycles. The number of hydrogen-bond donors (Lipinski definition) is 0. The van der Waals surface area contributed by atoms with Gasteiger partial charge in [0.25, 0.3) is 0 Å². The van der Waals surface area contributed by atoms with E-state index in [0.29, 0.717) is 21.7 Å². The highest BCUT2D eigenvalue weighted by Crippen LogP contribution is 2.74. The lowest BCUT2D eigenvalue weighted by atomic mass is 9.63. The lowest BCUT2D eigenvalue weighted by molar-refractivity contribution is 0.0795. The molecule has 0 N–H and O–H groups in total. The van der Waals surface area contributed by atoms with Crippen LogP contribution < -0.4 is 0 Å². The van der Waals surface area contributed by atoms with E-state index in [4.69, 9.17) is 0 Å².